The first-order chi connectivity index (χ1) is 9.24. The zero-order valence-electron chi connectivity index (χ0n) is 11.5. The van der Waals surface area contributed by atoms with Crippen LogP contribution in [-0.2, 0) is 0 Å². The Kier molecular flexibility index (Phi) is 3.34. The van der Waals surface area contributed by atoms with Gasteiger partial charge in [0.15, 0.2) is 0 Å². The Morgan fingerprint density at radius 1 is 1.32 bits per heavy atom. The molecule has 19 heavy (non-hydrogen) atoms. The summed E-state index contributed by atoms with van der Waals surface area (Å²) < 4.78 is 0. The van der Waals surface area contributed by atoms with Crippen LogP contribution in [0.2, 0.25) is 0 Å². The number of nitrogens with one attached hydrogen (secondary N) is 1. The van der Waals surface area contributed by atoms with Crippen molar-refractivity contribution in [3.8, 4) is 0 Å². The molecule has 0 bridgehead atoms. The van der Waals surface area contributed by atoms with E-state index < -0.39 is 0 Å². The van der Waals surface area contributed by atoms with Crippen LogP contribution >= 0.6 is 0 Å². The van der Waals surface area contributed by atoms with E-state index in [1.807, 2.05) is 24.4 Å². The van der Waals surface area contributed by atoms with Gasteiger partial charge in [-0.15, -0.1) is 0 Å². The smallest absolute Gasteiger partial charge is 0.0950 e. The molecule has 0 radical (unpaired) electrons. The normalized spacial score (nSPS) is 24.5. The minimum absolute atomic E-state index is 0.527. The number of rotatable bonds is 2. The minimum atomic E-state index is 0.527. The summed E-state index contributed by atoms with van der Waals surface area (Å²) in [5, 5.41) is 13.1. The highest BCUT2D eigenvalue weighted by Gasteiger charge is 2.22. The highest BCUT2D eigenvalue weighted by molar-refractivity contribution is 5.90. The van der Waals surface area contributed by atoms with Crippen molar-refractivity contribution in [3.05, 3.63) is 30.5 Å². The molecule has 1 aliphatic heterocycles. The molecule has 1 saturated heterocycles. The predicted octanol–water partition coefficient (Wildman–Crippen LogP) is 2.52. The Bertz CT molecular complexity index is 564. The lowest BCUT2D eigenvalue weighted by Crippen LogP contribution is -2.42. The van der Waals surface area contributed by atoms with Gasteiger partial charge in [0.05, 0.1) is 17.4 Å². The van der Waals surface area contributed by atoms with E-state index in [-0.39, 0.29) is 0 Å². The maximum absolute atomic E-state index is 4.16. The summed E-state index contributed by atoms with van der Waals surface area (Å²) in [4.78, 5) is 2.42. The van der Waals surface area contributed by atoms with Crippen molar-refractivity contribution in [2.75, 3.05) is 18.9 Å². The summed E-state index contributed by atoms with van der Waals surface area (Å²) in [6.07, 6.45) is 4.19. The third-order valence-electron chi connectivity index (χ3n) is 4.11. The summed E-state index contributed by atoms with van der Waals surface area (Å²) in [6.45, 7) is 3.44. The van der Waals surface area contributed by atoms with Gasteiger partial charge in [-0.05, 0) is 32.9 Å². The summed E-state index contributed by atoms with van der Waals surface area (Å²) in [6, 6.07) is 9.31. The third kappa shape index (κ3) is 2.54. The summed E-state index contributed by atoms with van der Waals surface area (Å²) in [7, 11) is 2.20. The summed E-state index contributed by atoms with van der Waals surface area (Å²) in [5.74, 6) is 0. The van der Waals surface area contributed by atoms with E-state index in [1.165, 1.54) is 12.8 Å². The van der Waals surface area contributed by atoms with E-state index in [9.17, 15) is 0 Å². The van der Waals surface area contributed by atoms with E-state index in [0.29, 0.717) is 12.1 Å². The van der Waals surface area contributed by atoms with Crippen LogP contribution in [0.3, 0.4) is 0 Å². The zero-order chi connectivity index (χ0) is 13.2. The van der Waals surface area contributed by atoms with Crippen molar-refractivity contribution >= 4 is 16.6 Å². The molecule has 2 unspecified atom stereocenters. The van der Waals surface area contributed by atoms with Crippen LogP contribution in [0.5, 0.6) is 0 Å². The van der Waals surface area contributed by atoms with Crippen LogP contribution in [0.1, 0.15) is 19.8 Å². The number of hydrogen-bond donors (Lipinski definition) is 1. The second-order valence-corrected chi connectivity index (χ2v) is 5.47. The fourth-order valence-electron chi connectivity index (χ4n) is 2.76. The molecule has 1 fully saturated rings. The lowest BCUT2D eigenvalue weighted by atomic mass is 9.98. The Morgan fingerprint density at radius 3 is 3.00 bits per heavy atom. The summed E-state index contributed by atoms with van der Waals surface area (Å²) in [5.41, 5.74) is 2.06. The van der Waals surface area contributed by atoms with E-state index in [1.54, 1.807) is 0 Å². The molecule has 4 nitrogen and oxygen atoms in total. The van der Waals surface area contributed by atoms with Crippen molar-refractivity contribution in [2.24, 2.45) is 0 Å². The van der Waals surface area contributed by atoms with Gasteiger partial charge in [-0.1, -0.05) is 18.2 Å². The molecule has 4 heteroatoms. The molecule has 0 saturated carbocycles. The lowest BCUT2D eigenvalue weighted by molar-refractivity contribution is 0.190. The predicted molar refractivity (Wildman–Crippen MR) is 78.3 cm³/mol. The molecular formula is C15H20N4. The molecule has 100 valence electrons. The molecule has 0 aliphatic carbocycles. The van der Waals surface area contributed by atoms with Crippen LogP contribution in [0, 0.1) is 0 Å². The Balaban J connectivity index is 1.82. The SMILES string of the molecule is CC1CC(Nc2cnnc3ccccc23)CCN1C. The molecule has 1 aromatic carbocycles. The number of fused-ring (bicyclic) bond motifs is 1. The van der Waals surface area contributed by atoms with Gasteiger partial charge in [0, 0.05) is 24.0 Å². The number of hydrogen-bond acceptors (Lipinski definition) is 4. The Morgan fingerprint density at radius 2 is 2.16 bits per heavy atom. The van der Waals surface area contributed by atoms with Gasteiger partial charge < -0.3 is 10.2 Å². The van der Waals surface area contributed by atoms with Gasteiger partial charge in [-0.3, -0.25) is 0 Å². The number of likely N-dealkylation sites (tertiary alicyclic amines) is 1. The van der Waals surface area contributed by atoms with Crippen molar-refractivity contribution in [2.45, 2.75) is 31.8 Å². The van der Waals surface area contributed by atoms with E-state index >= 15 is 0 Å². The number of piperidine rings is 1. The highest BCUT2D eigenvalue weighted by Crippen LogP contribution is 2.24. The van der Waals surface area contributed by atoms with Crippen molar-refractivity contribution in [1.82, 2.24) is 15.1 Å². The number of benzene rings is 1. The fourth-order valence-corrected chi connectivity index (χ4v) is 2.76. The van der Waals surface area contributed by atoms with Crippen LogP contribution < -0.4 is 5.32 Å². The zero-order valence-corrected chi connectivity index (χ0v) is 11.5. The van der Waals surface area contributed by atoms with Gasteiger partial charge in [0.1, 0.15) is 0 Å². The lowest BCUT2D eigenvalue weighted by Gasteiger charge is -2.35. The largest absolute Gasteiger partial charge is 0.380 e. The molecule has 2 aromatic rings. The standard InChI is InChI=1S/C15H20N4/c1-11-9-12(7-8-19(11)2)17-15-10-16-18-14-6-4-3-5-13(14)15/h3-6,10-12H,7-9H2,1-2H3,(H,17,18). The van der Waals surface area contributed by atoms with E-state index in [0.717, 1.165) is 23.1 Å². The summed E-state index contributed by atoms with van der Waals surface area (Å²) >= 11 is 0. The molecule has 0 spiro atoms. The quantitative estimate of drug-likeness (QED) is 0.896. The molecule has 1 N–H and O–H groups in total. The molecule has 2 atom stereocenters. The third-order valence-corrected chi connectivity index (χ3v) is 4.11. The molecule has 1 aliphatic rings. The van der Waals surface area contributed by atoms with Crippen molar-refractivity contribution in [1.29, 1.82) is 0 Å². The number of aromatic nitrogens is 2. The minimum Gasteiger partial charge on any atom is -0.380 e. The second kappa shape index (κ2) is 5.13. The van der Waals surface area contributed by atoms with Gasteiger partial charge in [-0.25, -0.2) is 0 Å². The Labute approximate surface area is 113 Å². The second-order valence-electron chi connectivity index (χ2n) is 5.47. The molecule has 0 amide bonds. The molecule has 3 rings (SSSR count). The van der Waals surface area contributed by atoms with Gasteiger partial charge >= 0.3 is 0 Å². The van der Waals surface area contributed by atoms with Crippen LogP contribution in [0.4, 0.5) is 5.69 Å². The van der Waals surface area contributed by atoms with E-state index in [2.05, 4.69) is 40.5 Å². The molecule has 2 heterocycles. The average molecular weight is 256 g/mol. The highest BCUT2D eigenvalue weighted by atomic mass is 15.2. The van der Waals surface area contributed by atoms with Crippen LogP contribution in [-0.4, -0.2) is 40.8 Å². The van der Waals surface area contributed by atoms with Crippen molar-refractivity contribution < 1.29 is 0 Å². The van der Waals surface area contributed by atoms with Crippen LogP contribution in [0.15, 0.2) is 30.5 Å². The maximum atomic E-state index is 4.16. The number of anilines is 1. The first-order valence-electron chi connectivity index (χ1n) is 6.91. The maximum Gasteiger partial charge on any atom is 0.0950 e. The van der Waals surface area contributed by atoms with Crippen LogP contribution in [0.25, 0.3) is 10.9 Å². The van der Waals surface area contributed by atoms with Crippen molar-refractivity contribution in [3.63, 3.8) is 0 Å². The first kappa shape index (κ1) is 12.4. The molecule has 1 aromatic heterocycles. The monoisotopic (exact) mass is 256 g/mol. The topological polar surface area (TPSA) is 41.1 Å². The number of nitrogens with zero attached hydrogens (tertiary/aromatic N) is 3. The average Bonchev–Trinajstić information content (AvgIpc) is 2.43. The van der Waals surface area contributed by atoms with Gasteiger partial charge in [0.2, 0.25) is 0 Å². The Hall–Kier alpha value is -1.68. The fraction of sp³-hybridized carbons (Fsp3) is 0.467. The molecular weight excluding hydrogens is 236 g/mol. The van der Waals surface area contributed by atoms with Gasteiger partial charge in [0.25, 0.3) is 0 Å². The first-order valence-corrected chi connectivity index (χ1v) is 6.91. The van der Waals surface area contributed by atoms with E-state index in [4.69, 9.17) is 0 Å². The van der Waals surface area contributed by atoms with Gasteiger partial charge in [-0.2, -0.15) is 10.2 Å².